The van der Waals surface area contributed by atoms with E-state index in [0.717, 1.165) is 16.8 Å². The first-order valence-electron chi connectivity index (χ1n) is 9.79. The summed E-state index contributed by atoms with van der Waals surface area (Å²) >= 11 is 0. The molecule has 30 heavy (non-hydrogen) atoms. The Kier molecular flexibility index (Phi) is 6.40. The van der Waals surface area contributed by atoms with Gasteiger partial charge in [-0.2, -0.15) is 0 Å². The van der Waals surface area contributed by atoms with Gasteiger partial charge in [0.25, 0.3) is 0 Å². The zero-order valence-electron chi connectivity index (χ0n) is 17.7. The Bertz CT molecular complexity index is 1030. The van der Waals surface area contributed by atoms with Crippen LogP contribution in [0.2, 0.25) is 0 Å². The maximum atomic E-state index is 12.2. The van der Waals surface area contributed by atoms with Gasteiger partial charge in [-0.3, -0.25) is 4.79 Å². The molecule has 1 aliphatic rings. The number of rotatable bonds is 7. The number of hydrogen-bond donors (Lipinski definition) is 2. The van der Waals surface area contributed by atoms with Crippen molar-refractivity contribution in [1.82, 2.24) is 4.98 Å². The van der Waals surface area contributed by atoms with Crippen LogP contribution in [0.5, 0.6) is 11.5 Å². The molecule has 0 saturated carbocycles. The van der Waals surface area contributed by atoms with Gasteiger partial charge in [0.1, 0.15) is 29.5 Å². The Morgan fingerprint density at radius 3 is 2.80 bits per heavy atom. The third-order valence-electron chi connectivity index (χ3n) is 5.20. The fraction of sp³-hybridized carbons (Fsp3) is 0.348. The largest absolute Gasteiger partial charge is 0.507 e. The molecule has 158 valence electrons. The zero-order valence-corrected chi connectivity index (χ0v) is 17.7. The number of carbonyl (C=O) groups is 2. The number of phenolic OH excluding ortho intramolecular Hbond substituents is 1. The number of nitrogens with zero attached hydrogens (tertiary/aromatic N) is 1. The number of aromatic nitrogens is 1. The molecule has 1 aromatic heterocycles. The molecule has 3 rings (SSSR count). The first-order chi connectivity index (χ1) is 14.3. The van der Waals surface area contributed by atoms with Gasteiger partial charge in [0.05, 0.1) is 7.11 Å². The number of benzene rings is 1. The van der Waals surface area contributed by atoms with E-state index >= 15 is 0 Å². The number of anilines is 1. The third-order valence-corrected chi connectivity index (χ3v) is 5.20. The van der Waals surface area contributed by atoms with Gasteiger partial charge >= 0.3 is 5.97 Å². The van der Waals surface area contributed by atoms with E-state index in [4.69, 9.17) is 9.47 Å². The Morgan fingerprint density at radius 2 is 2.10 bits per heavy atom. The fourth-order valence-corrected chi connectivity index (χ4v) is 3.54. The second-order valence-corrected chi connectivity index (χ2v) is 7.38. The number of pyridine rings is 1. The van der Waals surface area contributed by atoms with Crippen molar-refractivity contribution >= 4 is 17.7 Å². The average Bonchev–Trinajstić information content (AvgIpc) is 3.10. The van der Waals surface area contributed by atoms with E-state index in [2.05, 4.69) is 10.3 Å². The van der Waals surface area contributed by atoms with Crippen LogP contribution in [0.15, 0.2) is 29.8 Å². The summed E-state index contributed by atoms with van der Waals surface area (Å²) in [6.07, 6.45) is 3.19. The molecule has 1 aliphatic heterocycles. The normalized spacial score (nSPS) is 13.1. The number of fused-ring (bicyclic) bond motifs is 1. The minimum atomic E-state index is -0.517. The number of ether oxygens (including phenoxy) is 2. The van der Waals surface area contributed by atoms with E-state index in [1.54, 1.807) is 6.07 Å². The quantitative estimate of drug-likeness (QED) is 0.529. The van der Waals surface area contributed by atoms with Gasteiger partial charge in [-0.15, -0.1) is 0 Å². The van der Waals surface area contributed by atoms with Crippen molar-refractivity contribution in [2.75, 3.05) is 12.4 Å². The maximum absolute atomic E-state index is 12.2. The van der Waals surface area contributed by atoms with Gasteiger partial charge in [0.15, 0.2) is 0 Å². The fourth-order valence-electron chi connectivity index (χ4n) is 3.54. The summed E-state index contributed by atoms with van der Waals surface area (Å²) in [4.78, 5) is 28.4. The van der Waals surface area contributed by atoms with E-state index in [-0.39, 0.29) is 23.8 Å². The van der Waals surface area contributed by atoms with Crippen LogP contribution in [0.3, 0.4) is 0 Å². The lowest BCUT2D eigenvalue weighted by Crippen LogP contribution is -2.12. The number of methoxy groups -OCH3 is 1. The minimum Gasteiger partial charge on any atom is -0.507 e. The molecule has 0 radical (unpaired) electrons. The molecule has 0 aliphatic carbocycles. The zero-order chi connectivity index (χ0) is 21.8. The van der Waals surface area contributed by atoms with Gasteiger partial charge in [0.2, 0.25) is 5.91 Å². The van der Waals surface area contributed by atoms with E-state index in [9.17, 15) is 14.7 Å². The molecular formula is C23H26N2O5. The predicted octanol–water partition coefficient (Wildman–Crippen LogP) is 3.99. The summed E-state index contributed by atoms with van der Waals surface area (Å²) in [7, 11) is 1.54. The van der Waals surface area contributed by atoms with Crippen molar-refractivity contribution in [3.8, 4) is 11.5 Å². The van der Waals surface area contributed by atoms with Crippen LogP contribution >= 0.6 is 0 Å². The number of cyclic esters (lactones) is 1. The lowest BCUT2D eigenvalue weighted by atomic mass is 9.94. The molecule has 0 bridgehead atoms. The number of hydrogen-bond acceptors (Lipinski definition) is 6. The first kappa shape index (κ1) is 21.4. The van der Waals surface area contributed by atoms with Gasteiger partial charge in [-0.1, -0.05) is 17.7 Å². The van der Waals surface area contributed by atoms with Crippen molar-refractivity contribution in [1.29, 1.82) is 0 Å². The van der Waals surface area contributed by atoms with Crippen LogP contribution in [0.1, 0.15) is 52.5 Å². The molecule has 0 unspecified atom stereocenters. The number of amides is 1. The van der Waals surface area contributed by atoms with Crippen molar-refractivity contribution in [2.24, 2.45) is 0 Å². The van der Waals surface area contributed by atoms with Gasteiger partial charge in [-0.25, -0.2) is 9.78 Å². The Morgan fingerprint density at radius 1 is 1.33 bits per heavy atom. The molecule has 1 amide bonds. The van der Waals surface area contributed by atoms with Crippen LogP contribution in [0.25, 0.3) is 0 Å². The number of nitrogens with one attached hydrogen (secondary N) is 1. The highest BCUT2D eigenvalue weighted by Gasteiger charge is 2.31. The molecule has 0 saturated heterocycles. The molecule has 2 heterocycles. The summed E-state index contributed by atoms with van der Waals surface area (Å²) in [6, 6.07) is 5.47. The summed E-state index contributed by atoms with van der Waals surface area (Å²) in [5, 5.41) is 13.4. The van der Waals surface area contributed by atoms with Crippen molar-refractivity contribution in [3.05, 3.63) is 57.8 Å². The van der Waals surface area contributed by atoms with Crippen molar-refractivity contribution < 1.29 is 24.2 Å². The number of phenols is 1. The van der Waals surface area contributed by atoms with Crippen molar-refractivity contribution in [3.63, 3.8) is 0 Å². The van der Waals surface area contributed by atoms with Gasteiger partial charge in [-0.05, 0) is 51.3 Å². The molecule has 1 aromatic carbocycles. The van der Waals surface area contributed by atoms with E-state index < -0.39 is 5.97 Å². The molecule has 7 heteroatoms. The average molecular weight is 410 g/mol. The number of allylic oxidation sites excluding steroid dienone is 2. The lowest BCUT2D eigenvalue weighted by Gasteiger charge is -2.15. The van der Waals surface area contributed by atoms with E-state index in [0.29, 0.717) is 42.0 Å². The standard InChI is InChI=1S/C23H26N2O5/c1-13(9-11-19(26)25-18-7-5-6-14(2)24-18)8-10-16-21(27)20-17(12-30-23(20)28)15(3)22(16)29-4/h5-8,27H,9-12H2,1-4H3,(H,24,25,26)/b13-8+. The van der Waals surface area contributed by atoms with Crippen molar-refractivity contribution in [2.45, 2.75) is 46.6 Å². The highest BCUT2D eigenvalue weighted by atomic mass is 16.5. The summed E-state index contributed by atoms with van der Waals surface area (Å²) in [5.74, 6) is 0.366. The van der Waals surface area contributed by atoms with Crippen LogP contribution in [-0.4, -0.2) is 29.1 Å². The van der Waals surface area contributed by atoms with Gasteiger partial charge in [0, 0.05) is 23.2 Å². The number of aryl methyl sites for hydroxylation is 1. The first-order valence-corrected chi connectivity index (χ1v) is 9.79. The number of esters is 1. The molecule has 0 atom stereocenters. The highest BCUT2D eigenvalue weighted by molar-refractivity contribution is 5.98. The Hall–Kier alpha value is -3.35. The number of carbonyl (C=O) groups excluding carboxylic acids is 2. The van der Waals surface area contributed by atoms with Crippen LogP contribution in [0.4, 0.5) is 5.82 Å². The maximum Gasteiger partial charge on any atom is 0.342 e. The van der Waals surface area contributed by atoms with E-state index in [1.807, 2.05) is 39.0 Å². The molecular weight excluding hydrogens is 384 g/mol. The molecule has 0 fully saturated rings. The summed E-state index contributed by atoms with van der Waals surface area (Å²) < 4.78 is 10.6. The Labute approximate surface area is 175 Å². The van der Waals surface area contributed by atoms with Crippen LogP contribution in [-0.2, 0) is 22.6 Å². The predicted molar refractivity (Wildman–Crippen MR) is 113 cm³/mol. The molecule has 2 N–H and O–H groups in total. The second kappa shape index (κ2) is 8.98. The molecule has 2 aromatic rings. The number of aromatic hydroxyl groups is 1. The smallest absolute Gasteiger partial charge is 0.342 e. The Balaban J connectivity index is 1.68. The SMILES string of the molecule is COc1c(C)c2c(c(O)c1C/C=C(\C)CCC(=O)Nc1cccc(C)n1)C(=O)OC2. The highest BCUT2D eigenvalue weighted by Crippen LogP contribution is 2.42. The summed E-state index contributed by atoms with van der Waals surface area (Å²) in [6.45, 7) is 5.79. The summed E-state index contributed by atoms with van der Waals surface area (Å²) in [5.41, 5.74) is 4.05. The third kappa shape index (κ3) is 4.45. The second-order valence-electron chi connectivity index (χ2n) is 7.38. The molecule has 0 spiro atoms. The van der Waals surface area contributed by atoms with Crippen LogP contribution in [0, 0.1) is 13.8 Å². The van der Waals surface area contributed by atoms with Crippen LogP contribution < -0.4 is 10.1 Å². The topological polar surface area (TPSA) is 97.8 Å². The lowest BCUT2D eigenvalue weighted by molar-refractivity contribution is -0.116. The monoisotopic (exact) mass is 410 g/mol. The molecule has 7 nitrogen and oxygen atoms in total. The van der Waals surface area contributed by atoms with E-state index in [1.165, 1.54) is 7.11 Å². The minimum absolute atomic E-state index is 0.0951. The van der Waals surface area contributed by atoms with Gasteiger partial charge < -0.3 is 19.9 Å².